The number of hydrogen-bond acceptors (Lipinski definition) is 5. The fraction of sp³-hybridized carbons (Fsp3) is 0.462. The van der Waals surface area contributed by atoms with Crippen LogP contribution in [0.3, 0.4) is 0 Å². The van der Waals surface area contributed by atoms with E-state index in [1.54, 1.807) is 6.92 Å². The summed E-state index contributed by atoms with van der Waals surface area (Å²) < 4.78 is 27.4. The molecule has 0 amide bonds. The summed E-state index contributed by atoms with van der Waals surface area (Å²) in [5, 5.41) is 3.57. The largest absolute Gasteiger partial charge is 0.353 e. The number of nitrogens with zero attached hydrogens (tertiary/aromatic N) is 1. The zero-order valence-electron chi connectivity index (χ0n) is 11.9. The first-order chi connectivity index (χ1) is 9.83. The predicted molar refractivity (Wildman–Crippen MR) is 87.9 cm³/mol. The number of benzene rings is 1. The number of rotatable bonds is 3. The van der Waals surface area contributed by atoms with E-state index < -0.39 is 10.0 Å². The lowest BCUT2D eigenvalue weighted by Gasteiger charge is -2.24. The molecule has 1 aromatic carbocycles. The lowest BCUT2D eigenvalue weighted by Crippen LogP contribution is -2.48. The topological polar surface area (TPSA) is 70.6 Å². The normalized spacial score (nSPS) is 18.9. The molecule has 116 valence electrons. The highest BCUT2D eigenvalue weighted by atomic mass is 35.5. The SMILES string of the molecule is CC[C@@H]1CCN=C(NS(=O)(=O)c2cc(C)c(Cl)cc2S)N1. The van der Waals surface area contributed by atoms with Gasteiger partial charge in [0.2, 0.25) is 5.96 Å². The molecule has 0 fully saturated rings. The van der Waals surface area contributed by atoms with Crippen molar-refractivity contribution in [2.75, 3.05) is 6.54 Å². The van der Waals surface area contributed by atoms with E-state index >= 15 is 0 Å². The number of nitrogens with one attached hydrogen (secondary N) is 2. The molecule has 2 rings (SSSR count). The van der Waals surface area contributed by atoms with E-state index in [0.29, 0.717) is 22.0 Å². The number of aryl methyl sites for hydroxylation is 1. The summed E-state index contributed by atoms with van der Waals surface area (Å²) in [6.07, 6.45) is 1.82. The van der Waals surface area contributed by atoms with Crippen molar-refractivity contribution in [3.8, 4) is 0 Å². The lowest BCUT2D eigenvalue weighted by atomic mass is 10.1. The van der Waals surface area contributed by atoms with Gasteiger partial charge in [-0.15, -0.1) is 12.6 Å². The number of sulfonamides is 1. The van der Waals surface area contributed by atoms with Crippen LogP contribution in [-0.4, -0.2) is 27.0 Å². The number of hydrogen-bond donors (Lipinski definition) is 3. The summed E-state index contributed by atoms with van der Waals surface area (Å²) in [5.74, 6) is 0.286. The van der Waals surface area contributed by atoms with E-state index in [0.717, 1.165) is 12.8 Å². The Kier molecular flexibility index (Phi) is 5.06. The maximum absolute atomic E-state index is 12.5. The predicted octanol–water partition coefficient (Wildman–Crippen LogP) is 2.34. The minimum Gasteiger partial charge on any atom is -0.353 e. The molecule has 1 aromatic rings. The monoisotopic (exact) mass is 347 g/mol. The highest BCUT2D eigenvalue weighted by Crippen LogP contribution is 2.26. The molecule has 1 aliphatic heterocycles. The molecule has 0 saturated heterocycles. The van der Waals surface area contributed by atoms with Gasteiger partial charge >= 0.3 is 0 Å². The molecule has 8 heteroatoms. The van der Waals surface area contributed by atoms with Crippen molar-refractivity contribution >= 4 is 40.2 Å². The Hall–Kier alpha value is -0.920. The average molecular weight is 348 g/mol. The Morgan fingerprint density at radius 3 is 2.90 bits per heavy atom. The smallest absolute Gasteiger partial charge is 0.265 e. The zero-order chi connectivity index (χ0) is 15.6. The van der Waals surface area contributed by atoms with Gasteiger partial charge in [-0.2, -0.15) is 0 Å². The maximum atomic E-state index is 12.5. The molecule has 0 bridgehead atoms. The molecule has 1 heterocycles. The van der Waals surface area contributed by atoms with Gasteiger partial charge in [-0.3, -0.25) is 4.99 Å². The van der Waals surface area contributed by atoms with Crippen LogP contribution in [-0.2, 0) is 10.0 Å². The van der Waals surface area contributed by atoms with Gasteiger partial charge in [-0.1, -0.05) is 18.5 Å². The Bertz CT molecular complexity index is 674. The van der Waals surface area contributed by atoms with Gasteiger partial charge in [0.1, 0.15) is 4.90 Å². The molecule has 21 heavy (non-hydrogen) atoms. The van der Waals surface area contributed by atoms with Gasteiger partial charge in [0.25, 0.3) is 10.0 Å². The summed E-state index contributed by atoms with van der Waals surface area (Å²) >= 11 is 10.2. The maximum Gasteiger partial charge on any atom is 0.265 e. The molecule has 0 spiro atoms. The van der Waals surface area contributed by atoms with Gasteiger partial charge in [-0.25, -0.2) is 13.1 Å². The first-order valence-electron chi connectivity index (χ1n) is 6.66. The first-order valence-corrected chi connectivity index (χ1v) is 8.97. The molecule has 5 nitrogen and oxygen atoms in total. The van der Waals surface area contributed by atoms with Crippen LogP contribution in [0.1, 0.15) is 25.3 Å². The summed E-state index contributed by atoms with van der Waals surface area (Å²) in [6.45, 7) is 4.40. The molecular formula is C13H18ClN3O2S2. The second kappa shape index (κ2) is 6.46. The van der Waals surface area contributed by atoms with Crippen LogP contribution in [0.5, 0.6) is 0 Å². The third-order valence-electron chi connectivity index (χ3n) is 3.34. The summed E-state index contributed by atoms with van der Waals surface area (Å²) in [5.41, 5.74) is 0.680. The highest BCUT2D eigenvalue weighted by Gasteiger charge is 2.23. The van der Waals surface area contributed by atoms with Crippen molar-refractivity contribution < 1.29 is 8.42 Å². The summed E-state index contributed by atoms with van der Waals surface area (Å²) in [7, 11) is -3.74. The van der Waals surface area contributed by atoms with Crippen molar-refractivity contribution in [3.05, 3.63) is 22.7 Å². The van der Waals surface area contributed by atoms with Crippen molar-refractivity contribution in [1.29, 1.82) is 0 Å². The van der Waals surface area contributed by atoms with Crippen LogP contribution in [0, 0.1) is 6.92 Å². The Labute approximate surface area is 135 Å². The third-order valence-corrected chi connectivity index (χ3v) is 5.65. The third kappa shape index (κ3) is 3.84. The molecule has 0 radical (unpaired) electrons. The lowest BCUT2D eigenvalue weighted by molar-refractivity contribution is 0.521. The molecule has 1 atom stereocenters. The molecule has 0 aliphatic carbocycles. The fourth-order valence-corrected chi connectivity index (χ4v) is 4.00. The number of thiol groups is 1. The molecule has 0 aromatic heterocycles. The molecule has 2 N–H and O–H groups in total. The molecular weight excluding hydrogens is 330 g/mol. The Balaban J connectivity index is 2.27. The minimum absolute atomic E-state index is 0.0934. The van der Waals surface area contributed by atoms with Crippen molar-refractivity contribution in [3.63, 3.8) is 0 Å². The van der Waals surface area contributed by atoms with Crippen LogP contribution in [0.25, 0.3) is 0 Å². The number of aliphatic imine (C=N–C) groups is 1. The first kappa shape index (κ1) is 16.5. The van der Waals surface area contributed by atoms with Crippen LogP contribution < -0.4 is 10.0 Å². The van der Waals surface area contributed by atoms with Crippen molar-refractivity contribution in [2.24, 2.45) is 4.99 Å². The van der Waals surface area contributed by atoms with E-state index in [9.17, 15) is 8.42 Å². The van der Waals surface area contributed by atoms with Crippen LogP contribution in [0.15, 0.2) is 26.9 Å². The molecule has 0 unspecified atom stereocenters. The van der Waals surface area contributed by atoms with Gasteiger partial charge < -0.3 is 5.32 Å². The van der Waals surface area contributed by atoms with Crippen molar-refractivity contribution in [2.45, 2.75) is 42.5 Å². The van der Waals surface area contributed by atoms with Gasteiger partial charge in [0, 0.05) is 22.5 Å². The highest BCUT2D eigenvalue weighted by molar-refractivity contribution is 7.91. The molecule has 1 aliphatic rings. The van der Waals surface area contributed by atoms with Crippen LogP contribution in [0.4, 0.5) is 0 Å². The van der Waals surface area contributed by atoms with E-state index in [1.165, 1.54) is 12.1 Å². The summed E-state index contributed by atoms with van der Waals surface area (Å²) in [4.78, 5) is 4.57. The van der Waals surface area contributed by atoms with E-state index in [4.69, 9.17) is 11.6 Å². The number of guanidine groups is 1. The Morgan fingerprint density at radius 2 is 2.24 bits per heavy atom. The quantitative estimate of drug-likeness (QED) is 0.735. The molecule has 0 saturated carbocycles. The van der Waals surface area contributed by atoms with E-state index in [2.05, 4.69) is 27.7 Å². The van der Waals surface area contributed by atoms with Crippen LogP contribution in [0.2, 0.25) is 5.02 Å². The number of halogens is 1. The van der Waals surface area contributed by atoms with E-state index in [-0.39, 0.29) is 16.9 Å². The summed E-state index contributed by atoms with van der Waals surface area (Å²) in [6, 6.07) is 3.27. The van der Waals surface area contributed by atoms with Gasteiger partial charge in [0.15, 0.2) is 0 Å². The Morgan fingerprint density at radius 1 is 1.52 bits per heavy atom. The van der Waals surface area contributed by atoms with Crippen LogP contribution >= 0.6 is 24.2 Å². The van der Waals surface area contributed by atoms with Gasteiger partial charge in [0.05, 0.1) is 0 Å². The fourth-order valence-electron chi connectivity index (χ4n) is 2.05. The minimum atomic E-state index is -3.74. The average Bonchev–Trinajstić information content (AvgIpc) is 2.42. The van der Waals surface area contributed by atoms with E-state index in [1.807, 2.05) is 6.92 Å². The standard InChI is InChI=1S/C13H18ClN3O2S2/c1-3-9-4-5-15-13(16-9)17-21(18,19)12-6-8(2)10(14)7-11(12)20/h6-7,9,20H,3-5H2,1-2H3,(H2,15,16,17)/t9-/m1/s1. The second-order valence-electron chi connectivity index (χ2n) is 4.94. The van der Waals surface area contributed by atoms with Crippen molar-refractivity contribution in [1.82, 2.24) is 10.0 Å². The second-order valence-corrected chi connectivity index (χ2v) is 7.48. The van der Waals surface area contributed by atoms with Gasteiger partial charge in [-0.05, 0) is 37.5 Å². The zero-order valence-corrected chi connectivity index (χ0v) is 14.3.